The molecule has 7 heteroatoms. The number of thiazole rings is 1. The molecular weight excluding hydrogens is 274 g/mol. The predicted molar refractivity (Wildman–Crippen MR) is 84.8 cm³/mol. The fraction of sp³-hybridized carbons (Fsp3) is 0.231. The Morgan fingerprint density at radius 3 is 2.65 bits per heavy atom. The van der Waals surface area contributed by atoms with Gasteiger partial charge in [0.05, 0.1) is 11.4 Å². The minimum Gasteiger partial charge on any atom is -0.382 e. The van der Waals surface area contributed by atoms with E-state index in [0.717, 1.165) is 11.4 Å². The number of benzene rings is 1. The lowest BCUT2D eigenvalue weighted by molar-refractivity contribution is 0.103. The first-order chi connectivity index (χ1) is 9.52. The Hall–Kier alpha value is -2.28. The molecule has 0 bridgehead atoms. The highest BCUT2D eigenvalue weighted by molar-refractivity contribution is 7.18. The minimum absolute atomic E-state index is 0.235. The summed E-state index contributed by atoms with van der Waals surface area (Å²) in [6.07, 6.45) is 0. The summed E-state index contributed by atoms with van der Waals surface area (Å²) in [7, 11) is 5.58. The number of nitrogens with zero attached hydrogens (tertiary/aromatic N) is 2. The van der Waals surface area contributed by atoms with Crippen molar-refractivity contribution in [3.05, 3.63) is 29.1 Å². The van der Waals surface area contributed by atoms with Gasteiger partial charge < -0.3 is 21.3 Å². The highest BCUT2D eigenvalue weighted by atomic mass is 32.1. The van der Waals surface area contributed by atoms with Crippen molar-refractivity contribution in [2.45, 2.75) is 0 Å². The summed E-state index contributed by atoms with van der Waals surface area (Å²) in [5, 5.41) is 6.36. The molecular formula is C13H17N5OS. The number of nitrogens with two attached hydrogens (primary N) is 1. The molecule has 4 N–H and O–H groups in total. The average molecular weight is 291 g/mol. The van der Waals surface area contributed by atoms with E-state index in [4.69, 9.17) is 5.73 Å². The zero-order valence-electron chi connectivity index (χ0n) is 11.6. The Kier molecular flexibility index (Phi) is 4.09. The molecule has 1 aromatic heterocycles. The molecule has 0 saturated carbocycles. The molecule has 0 saturated heterocycles. The number of amides is 1. The Bertz CT molecular complexity index is 623. The van der Waals surface area contributed by atoms with Crippen molar-refractivity contribution in [2.75, 3.05) is 42.4 Å². The van der Waals surface area contributed by atoms with Crippen LogP contribution in [0.3, 0.4) is 0 Å². The van der Waals surface area contributed by atoms with E-state index >= 15 is 0 Å². The number of carbonyl (C=O) groups is 1. The zero-order chi connectivity index (χ0) is 14.7. The molecule has 0 spiro atoms. The highest BCUT2D eigenvalue weighted by Crippen LogP contribution is 2.28. The van der Waals surface area contributed by atoms with Crippen LogP contribution in [0.4, 0.5) is 22.3 Å². The van der Waals surface area contributed by atoms with E-state index in [2.05, 4.69) is 15.6 Å². The largest absolute Gasteiger partial charge is 0.382 e. The van der Waals surface area contributed by atoms with Crippen LogP contribution in [0.25, 0.3) is 0 Å². The van der Waals surface area contributed by atoms with Crippen molar-refractivity contribution in [3.8, 4) is 0 Å². The van der Waals surface area contributed by atoms with Crippen LogP contribution in [0.1, 0.15) is 9.67 Å². The molecule has 20 heavy (non-hydrogen) atoms. The van der Waals surface area contributed by atoms with Crippen LogP contribution in [-0.4, -0.2) is 32.0 Å². The SMILES string of the molecule is CNc1nc(N)c(C(=O)Nc2ccccc2N(C)C)s1. The number of nitrogen functional groups attached to an aromatic ring is 1. The van der Waals surface area contributed by atoms with Crippen LogP contribution in [0.2, 0.25) is 0 Å². The second-order valence-corrected chi connectivity index (χ2v) is 5.35. The Morgan fingerprint density at radius 1 is 1.35 bits per heavy atom. The summed E-state index contributed by atoms with van der Waals surface area (Å²) in [4.78, 5) is 18.7. The number of anilines is 4. The normalized spacial score (nSPS) is 10.2. The smallest absolute Gasteiger partial charge is 0.269 e. The third-order valence-corrected chi connectivity index (χ3v) is 3.79. The number of carbonyl (C=O) groups excluding carboxylic acids is 1. The molecule has 1 amide bonds. The van der Waals surface area contributed by atoms with E-state index in [1.165, 1.54) is 11.3 Å². The lowest BCUT2D eigenvalue weighted by Gasteiger charge is -2.17. The van der Waals surface area contributed by atoms with E-state index in [1.54, 1.807) is 7.05 Å². The molecule has 106 valence electrons. The van der Waals surface area contributed by atoms with Crippen LogP contribution >= 0.6 is 11.3 Å². The first-order valence-corrected chi connectivity index (χ1v) is 6.86. The van der Waals surface area contributed by atoms with Crippen molar-refractivity contribution < 1.29 is 4.79 Å². The van der Waals surface area contributed by atoms with Gasteiger partial charge in [0.25, 0.3) is 5.91 Å². The average Bonchev–Trinajstić information content (AvgIpc) is 2.80. The number of para-hydroxylation sites is 2. The summed E-state index contributed by atoms with van der Waals surface area (Å²) in [6, 6.07) is 7.58. The number of nitrogens with one attached hydrogen (secondary N) is 2. The number of aromatic nitrogens is 1. The lowest BCUT2D eigenvalue weighted by Crippen LogP contribution is -2.16. The van der Waals surface area contributed by atoms with Gasteiger partial charge in [-0.15, -0.1) is 0 Å². The Morgan fingerprint density at radius 2 is 2.05 bits per heavy atom. The van der Waals surface area contributed by atoms with E-state index in [-0.39, 0.29) is 11.7 Å². The molecule has 0 aliphatic carbocycles. The fourth-order valence-corrected chi connectivity index (χ4v) is 2.48. The maximum Gasteiger partial charge on any atom is 0.269 e. The Balaban J connectivity index is 2.25. The molecule has 2 aromatic rings. The predicted octanol–water partition coefficient (Wildman–Crippen LogP) is 2.09. The molecule has 0 atom stereocenters. The van der Waals surface area contributed by atoms with Gasteiger partial charge in [0.1, 0.15) is 10.7 Å². The summed E-state index contributed by atoms with van der Waals surface area (Å²) in [6.45, 7) is 0. The molecule has 0 fully saturated rings. The third-order valence-electron chi connectivity index (χ3n) is 2.71. The van der Waals surface area contributed by atoms with Gasteiger partial charge in [0.15, 0.2) is 5.13 Å². The summed E-state index contributed by atoms with van der Waals surface area (Å²) in [5.41, 5.74) is 7.42. The fourth-order valence-electron chi connectivity index (χ4n) is 1.75. The van der Waals surface area contributed by atoms with Gasteiger partial charge in [-0.05, 0) is 12.1 Å². The molecule has 6 nitrogen and oxygen atoms in total. The van der Waals surface area contributed by atoms with Crippen LogP contribution in [-0.2, 0) is 0 Å². The van der Waals surface area contributed by atoms with E-state index in [9.17, 15) is 4.79 Å². The molecule has 0 aliphatic heterocycles. The summed E-state index contributed by atoms with van der Waals surface area (Å²) in [5.74, 6) is -0.0185. The van der Waals surface area contributed by atoms with E-state index in [1.807, 2.05) is 43.3 Å². The van der Waals surface area contributed by atoms with Crippen LogP contribution in [0.15, 0.2) is 24.3 Å². The van der Waals surface area contributed by atoms with Crippen LogP contribution < -0.4 is 21.3 Å². The van der Waals surface area contributed by atoms with Gasteiger partial charge in [0.2, 0.25) is 0 Å². The van der Waals surface area contributed by atoms with Crippen LogP contribution in [0, 0.1) is 0 Å². The molecule has 1 heterocycles. The Labute approximate surface area is 121 Å². The van der Waals surface area contributed by atoms with Gasteiger partial charge in [-0.2, -0.15) is 0 Å². The van der Waals surface area contributed by atoms with Crippen molar-refractivity contribution in [1.82, 2.24) is 4.98 Å². The standard InChI is InChI=1S/C13H17N5OS/c1-15-13-17-11(14)10(20-13)12(19)16-8-6-4-5-7-9(8)18(2)3/h4-7H,14H2,1-3H3,(H,15,17)(H,16,19). The van der Waals surface area contributed by atoms with Gasteiger partial charge >= 0.3 is 0 Å². The van der Waals surface area contributed by atoms with Crippen LogP contribution in [0.5, 0.6) is 0 Å². The first kappa shape index (κ1) is 14.1. The maximum absolute atomic E-state index is 12.3. The van der Waals surface area contributed by atoms with E-state index in [0.29, 0.717) is 10.0 Å². The first-order valence-electron chi connectivity index (χ1n) is 6.04. The number of hydrogen-bond donors (Lipinski definition) is 3. The summed E-state index contributed by atoms with van der Waals surface area (Å²) < 4.78 is 0. The lowest BCUT2D eigenvalue weighted by atomic mass is 10.2. The van der Waals surface area contributed by atoms with Gasteiger partial charge in [-0.1, -0.05) is 23.5 Å². The number of hydrogen-bond acceptors (Lipinski definition) is 6. The quantitative estimate of drug-likeness (QED) is 0.803. The molecule has 1 aromatic carbocycles. The van der Waals surface area contributed by atoms with Gasteiger partial charge in [-0.3, -0.25) is 4.79 Å². The monoisotopic (exact) mass is 291 g/mol. The minimum atomic E-state index is -0.254. The van der Waals surface area contributed by atoms with Crippen molar-refractivity contribution in [2.24, 2.45) is 0 Å². The van der Waals surface area contributed by atoms with Crippen molar-refractivity contribution >= 4 is 39.6 Å². The molecule has 0 unspecified atom stereocenters. The van der Waals surface area contributed by atoms with Gasteiger partial charge in [0, 0.05) is 21.1 Å². The molecule has 0 radical (unpaired) electrons. The second-order valence-electron chi connectivity index (χ2n) is 4.35. The number of rotatable bonds is 4. The maximum atomic E-state index is 12.3. The molecule has 0 aliphatic rings. The van der Waals surface area contributed by atoms with E-state index < -0.39 is 0 Å². The zero-order valence-corrected chi connectivity index (χ0v) is 12.4. The summed E-state index contributed by atoms with van der Waals surface area (Å²) >= 11 is 1.23. The molecule has 2 rings (SSSR count). The highest BCUT2D eigenvalue weighted by Gasteiger charge is 2.17. The van der Waals surface area contributed by atoms with Crippen molar-refractivity contribution in [1.29, 1.82) is 0 Å². The second kappa shape index (κ2) is 5.79. The van der Waals surface area contributed by atoms with Gasteiger partial charge in [-0.25, -0.2) is 4.98 Å². The van der Waals surface area contributed by atoms with Crippen molar-refractivity contribution in [3.63, 3.8) is 0 Å². The topological polar surface area (TPSA) is 83.3 Å². The third kappa shape index (κ3) is 2.83.